The first kappa shape index (κ1) is 15.4. The molecule has 4 rings (SSSR count). The molecule has 0 bridgehead atoms. The molecule has 126 valence electrons. The van der Waals surface area contributed by atoms with E-state index < -0.39 is 0 Å². The summed E-state index contributed by atoms with van der Waals surface area (Å²) in [4.78, 5) is 11.0. The lowest BCUT2D eigenvalue weighted by molar-refractivity contribution is 0.523. The highest BCUT2D eigenvalue weighted by atomic mass is 15.3. The van der Waals surface area contributed by atoms with Crippen molar-refractivity contribution in [3.63, 3.8) is 0 Å². The molecule has 1 aliphatic rings. The fraction of sp³-hybridized carbons (Fsp3) is 0.333. The number of aromatic nitrogens is 4. The number of nitriles is 1. The lowest BCUT2D eigenvalue weighted by atomic mass is 10.0. The van der Waals surface area contributed by atoms with Crippen LogP contribution in [0.2, 0.25) is 0 Å². The molecule has 1 aliphatic heterocycles. The zero-order valence-corrected chi connectivity index (χ0v) is 14.1. The second kappa shape index (κ2) is 6.40. The van der Waals surface area contributed by atoms with E-state index >= 15 is 0 Å². The van der Waals surface area contributed by atoms with Gasteiger partial charge in [-0.05, 0) is 31.0 Å². The van der Waals surface area contributed by atoms with Gasteiger partial charge in [0.1, 0.15) is 11.9 Å². The summed E-state index contributed by atoms with van der Waals surface area (Å²) < 4.78 is 1.75. The van der Waals surface area contributed by atoms with Gasteiger partial charge < -0.3 is 10.2 Å². The Kier molecular flexibility index (Phi) is 3.94. The minimum absolute atomic E-state index is 0.421. The minimum Gasteiger partial charge on any atom is -0.382 e. The summed E-state index contributed by atoms with van der Waals surface area (Å²) in [6, 6.07) is 8.55. The van der Waals surface area contributed by atoms with E-state index in [4.69, 9.17) is 4.98 Å². The third kappa shape index (κ3) is 2.98. The molecule has 7 heteroatoms. The van der Waals surface area contributed by atoms with Gasteiger partial charge in [0, 0.05) is 49.6 Å². The van der Waals surface area contributed by atoms with E-state index in [0.717, 1.165) is 48.5 Å². The van der Waals surface area contributed by atoms with Gasteiger partial charge in [-0.25, -0.2) is 4.98 Å². The van der Waals surface area contributed by atoms with Crippen LogP contribution >= 0.6 is 0 Å². The Hall–Kier alpha value is -3.14. The van der Waals surface area contributed by atoms with E-state index in [-0.39, 0.29) is 0 Å². The Morgan fingerprint density at radius 2 is 2.00 bits per heavy atom. The van der Waals surface area contributed by atoms with Crippen molar-refractivity contribution in [2.45, 2.75) is 18.9 Å². The van der Waals surface area contributed by atoms with Gasteiger partial charge in [-0.3, -0.25) is 9.67 Å². The maximum atomic E-state index is 9.50. The maximum Gasteiger partial charge on any atom is 0.159 e. The number of piperidine rings is 1. The molecule has 3 aromatic rings. The second-order valence-electron chi connectivity index (χ2n) is 6.29. The Bertz CT molecular complexity index is 918. The first-order valence-electron chi connectivity index (χ1n) is 8.39. The van der Waals surface area contributed by atoms with Crippen LogP contribution in [0, 0.1) is 11.3 Å². The molecule has 0 amide bonds. The van der Waals surface area contributed by atoms with Gasteiger partial charge in [0.2, 0.25) is 0 Å². The van der Waals surface area contributed by atoms with Crippen molar-refractivity contribution in [1.82, 2.24) is 19.7 Å². The van der Waals surface area contributed by atoms with Crippen molar-refractivity contribution >= 4 is 22.5 Å². The van der Waals surface area contributed by atoms with Crippen molar-refractivity contribution in [3.05, 3.63) is 42.4 Å². The van der Waals surface area contributed by atoms with Crippen LogP contribution in [-0.4, -0.2) is 38.9 Å². The van der Waals surface area contributed by atoms with Gasteiger partial charge in [-0.1, -0.05) is 0 Å². The molecule has 0 spiro atoms. The smallest absolute Gasteiger partial charge is 0.159 e. The number of aryl methyl sites for hydroxylation is 1. The number of nitrogens with zero attached hydrogens (tertiary/aromatic N) is 6. The number of pyridine rings is 2. The van der Waals surface area contributed by atoms with Crippen molar-refractivity contribution in [2.24, 2.45) is 7.05 Å². The number of nitrogens with one attached hydrogen (secondary N) is 1. The molecule has 3 aromatic heterocycles. The normalized spacial score (nSPS) is 15.3. The third-order valence-corrected chi connectivity index (χ3v) is 4.65. The lowest BCUT2D eigenvalue weighted by Gasteiger charge is -2.34. The van der Waals surface area contributed by atoms with Crippen LogP contribution in [0.4, 0.5) is 11.5 Å². The predicted molar refractivity (Wildman–Crippen MR) is 96.3 cm³/mol. The largest absolute Gasteiger partial charge is 0.382 e. The number of hydrogen-bond acceptors (Lipinski definition) is 6. The molecule has 0 unspecified atom stereocenters. The van der Waals surface area contributed by atoms with Crippen LogP contribution in [0.3, 0.4) is 0 Å². The topological polar surface area (TPSA) is 82.7 Å². The van der Waals surface area contributed by atoms with Crippen LogP contribution in [0.1, 0.15) is 18.4 Å². The molecule has 4 heterocycles. The summed E-state index contributed by atoms with van der Waals surface area (Å²) in [5, 5.41) is 18.2. The first-order valence-corrected chi connectivity index (χ1v) is 8.39. The molecule has 1 N–H and O–H groups in total. The fourth-order valence-electron chi connectivity index (χ4n) is 3.31. The molecule has 0 aromatic carbocycles. The number of fused-ring (bicyclic) bond motifs is 1. The van der Waals surface area contributed by atoms with Gasteiger partial charge in [-0.15, -0.1) is 0 Å². The molecule has 25 heavy (non-hydrogen) atoms. The van der Waals surface area contributed by atoms with Crippen LogP contribution in [-0.2, 0) is 7.05 Å². The number of rotatable bonds is 3. The van der Waals surface area contributed by atoms with Crippen LogP contribution < -0.4 is 10.2 Å². The molecule has 0 atom stereocenters. The maximum absolute atomic E-state index is 9.50. The zero-order valence-electron chi connectivity index (χ0n) is 14.1. The summed E-state index contributed by atoms with van der Waals surface area (Å²) in [5.41, 5.74) is 2.52. The van der Waals surface area contributed by atoms with E-state index in [9.17, 15) is 5.26 Å². The molecule has 1 fully saturated rings. The Labute approximate surface area is 145 Å². The van der Waals surface area contributed by atoms with E-state index in [0.29, 0.717) is 11.6 Å². The summed E-state index contributed by atoms with van der Waals surface area (Å²) in [7, 11) is 1.87. The highest BCUT2D eigenvalue weighted by Gasteiger charge is 2.23. The summed E-state index contributed by atoms with van der Waals surface area (Å²) >= 11 is 0. The van der Waals surface area contributed by atoms with Crippen molar-refractivity contribution in [3.8, 4) is 6.07 Å². The van der Waals surface area contributed by atoms with Crippen LogP contribution in [0.25, 0.3) is 11.0 Å². The third-order valence-electron chi connectivity index (χ3n) is 4.65. The van der Waals surface area contributed by atoms with E-state index in [1.807, 2.05) is 25.2 Å². The SMILES string of the molecule is Cn1ncc2cc(C#N)c(N3CCC(Nc4ccncc4)CC3)nc21. The van der Waals surface area contributed by atoms with Gasteiger partial charge in [0.05, 0.1) is 11.8 Å². The summed E-state index contributed by atoms with van der Waals surface area (Å²) in [6.07, 6.45) is 7.34. The van der Waals surface area contributed by atoms with Crippen molar-refractivity contribution in [1.29, 1.82) is 5.26 Å². The molecule has 1 saturated heterocycles. The molecule has 7 nitrogen and oxygen atoms in total. The van der Waals surface area contributed by atoms with E-state index in [1.165, 1.54) is 0 Å². The number of anilines is 2. The second-order valence-corrected chi connectivity index (χ2v) is 6.29. The highest BCUT2D eigenvalue weighted by Crippen LogP contribution is 2.26. The molecular formula is C18H19N7. The molecule has 0 radical (unpaired) electrons. The van der Waals surface area contributed by atoms with Gasteiger partial charge in [-0.2, -0.15) is 10.4 Å². The molecular weight excluding hydrogens is 314 g/mol. The van der Waals surface area contributed by atoms with E-state index in [1.54, 1.807) is 23.3 Å². The lowest BCUT2D eigenvalue weighted by Crippen LogP contribution is -2.40. The molecule has 0 aliphatic carbocycles. The van der Waals surface area contributed by atoms with Gasteiger partial charge in [0.25, 0.3) is 0 Å². The minimum atomic E-state index is 0.421. The average molecular weight is 333 g/mol. The number of hydrogen-bond donors (Lipinski definition) is 1. The standard InChI is InChI=1S/C18H19N7/c1-24-17-14(12-21-24)10-13(11-19)18(23-17)25-8-4-16(5-9-25)22-15-2-6-20-7-3-15/h2-3,6-7,10,12,16H,4-5,8-9H2,1H3,(H,20,22). The monoisotopic (exact) mass is 333 g/mol. The first-order chi connectivity index (χ1) is 12.2. The average Bonchev–Trinajstić information content (AvgIpc) is 3.02. The van der Waals surface area contributed by atoms with Crippen LogP contribution in [0.5, 0.6) is 0 Å². The van der Waals surface area contributed by atoms with Gasteiger partial charge in [0.15, 0.2) is 5.65 Å². The highest BCUT2D eigenvalue weighted by molar-refractivity contribution is 5.80. The van der Waals surface area contributed by atoms with Crippen LogP contribution in [0.15, 0.2) is 36.8 Å². The quantitative estimate of drug-likeness (QED) is 0.792. The summed E-state index contributed by atoms with van der Waals surface area (Å²) in [6.45, 7) is 1.74. The summed E-state index contributed by atoms with van der Waals surface area (Å²) in [5.74, 6) is 0.765. The Balaban J connectivity index is 1.51. The van der Waals surface area contributed by atoms with E-state index in [2.05, 4.69) is 26.4 Å². The Morgan fingerprint density at radius 3 is 2.72 bits per heavy atom. The van der Waals surface area contributed by atoms with Crippen molar-refractivity contribution < 1.29 is 0 Å². The Morgan fingerprint density at radius 1 is 1.24 bits per heavy atom. The molecule has 0 saturated carbocycles. The predicted octanol–water partition coefficient (Wildman–Crippen LogP) is 2.32. The fourth-order valence-corrected chi connectivity index (χ4v) is 3.31. The zero-order chi connectivity index (χ0) is 17.2. The van der Waals surface area contributed by atoms with Crippen molar-refractivity contribution in [2.75, 3.05) is 23.3 Å². The van der Waals surface area contributed by atoms with Gasteiger partial charge >= 0.3 is 0 Å².